The fourth-order valence-corrected chi connectivity index (χ4v) is 3.71. The molecule has 3 aromatic rings. The molecule has 0 aliphatic rings. The molecule has 0 fully saturated rings. The fraction of sp³-hybridized carbons (Fsp3) is 0.286. The molecule has 0 saturated carbocycles. The standard InChI is InChI=1S/C21H22N6OS/c1-15-10-11-19(14-16(15)2)27-21(23-24-25-27)29-17(3)20(28)26(13-7-12-22)18-8-5-4-6-9-18/h4-6,8-11,14,17H,7,13H2,1-3H3. The highest BCUT2D eigenvalue weighted by atomic mass is 32.2. The molecule has 1 aromatic heterocycles. The van der Waals surface area contributed by atoms with Crippen molar-refractivity contribution in [2.45, 2.75) is 37.6 Å². The Bertz CT molecular complexity index is 1030. The number of hydrogen-bond donors (Lipinski definition) is 0. The third-order valence-electron chi connectivity index (χ3n) is 4.59. The molecule has 0 aliphatic heterocycles. The van der Waals surface area contributed by atoms with Crippen LogP contribution >= 0.6 is 11.8 Å². The van der Waals surface area contributed by atoms with Crippen LogP contribution in [0, 0.1) is 25.2 Å². The van der Waals surface area contributed by atoms with E-state index in [9.17, 15) is 4.79 Å². The van der Waals surface area contributed by atoms with Crippen LogP contribution in [0.1, 0.15) is 24.5 Å². The SMILES string of the molecule is Cc1ccc(-n2nnnc2SC(C)C(=O)N(CCC#N)c2ccccc2)cc1C. The molecule has 0 radical (unpaired) electrons. The van der Waals surface area contributed by atoms with Gasteiger partial charge in [-0.2, -0.15) is 9.94 Å². The van der Waals surface area contributed by atoms with Crippen molar-refractivity contribution in [3.8, 4) is 11.8 Å². The predicted molar refractivity (Wildman–Crippen MR) is 113 cm³/mol. The van der Waals surface area contributed by atoms with E-state index in [1.807, 2.05) is 62.4 Å². The number of carbonyl (C=O) groups excluding carboxylic acids is 1. The van der Waals surface area contributed by atoms with Crippen molar-refractivity contribution in [1.29, 1.82) is 5.26 Å². The van der Waals surface area contributed by atoms with Gasteiger partial charge in [0, 0.05) is 12.2 Å². The number of aryl methyl sites for hydroxylation is 2. The third-order valence-corrected chi connectivity index (χ3v) is 5.61. The summed E-state index contributed by atoms with van der Waals surface area (Å²) in [4.78, 5) is 14.8. The number of para-hydroxylation sites is 1. The lowest BCUT2D eigenvalue weighted by molar-refractivity contribution is -0.117. The molecule has 1 amide bonds. The predicted octanol–water partition coefficient (Wildman–Crippen LogP) is 3.71. The highest BCUT2D eigenvalue weighted by Crippen LogP contribution is 2.26. The van der Waals surface area contributed by atoms with Crippen LogP contribution in [0.5, 0.6) is 0 Å². The molecule has 148 valence electrons. The van der Waals surface area contributed by atoms with E-state index in [1.165, 1.54) is 17.3 Å². The van der Waals surface area contributed by atoms with Crippen molar-refractivity contribution >= 4 is 23.4 Å². The number of amides is 1. The Labute approximate surface area is 174 Å². The van der Waals surface area contributed by atoms with Crippen LogP contribution in [0.4, 0.5) is 5.69 Å². The van der Waals surface area contributed by atoms with Crippen LogP contribution in [0.3, 0.4) is 0 Å². The van der Waals surface area contributed by atoms with Gasteiger partial charge < -0.3 is 4.90 Å². The number of tetrazole rings is 1. The number of hydrogen-bond acceptors (Lipinski definition) is 6. The van der Waals surface area contributed by atoms with E-state index in [0.29, 0.717) is 11.7 Å². The highest BCUT2D eigenvalue weighted by Gasteiger charge is 2.25. The molecule has 2 aromatic carbocycles. The zero-order chi connectivity index (χ0) is 20.8. The molecule has 0 spiro atoms. The minimum atomic E-state index is -0.426. The van der Waals surface area contributed by atoms with E-state index in [1.54, 1.807) is 9.58 Å². The molecule has 29 heavy (non-hydrogen) atoms. The number of anilines is 1. The summed E-state index contributed by atoms with van der Waals surface area (Å²) in [5.74, 6) is -0.0916. The van der Waals surface area contributed by atoms with Gasteiger partial charge in [0.25, 0.3) is 0 Å². The summed E-state index contributed by atoms with van der Waals surface area (Å²) in [6.45, 7) is 6.25. The van der Waals surface area contributed by atoms with E-state index in [0.717, 1.165) is 16.9 Å². The van der Waals surface area contributed by atoms with Crippen LogP contribution in [0.15, 0.2) is 53.7 Å². The summed E-state index contributed by atoms with van der Waals surface area (Å²) in [6, 6.07) is 17.5. The molecule has 0 bridgehead atoms. The summed E-state index contributed by atoms with van der Waals surface area (Å²) in [5.41, 5.74) is 3.96. The molecule has 1 heterocycles. The summed E-state index contributed by atoms with van der Waals surface area (Å²) in [5, 5.41) is 21.1. The van der Waals surface area contributed by atoms with E-state index >= 15 is 0 Å². The van der Waals surface area contributed by atoms with E-state index < -0.39 is 5.25 Å². The average Bonchev–Trinajstić information content (AvgIpc) is 3.19. The minimum Gasteiger partial charge on any atom is -0.310 e. The van der Waals surface area contributed by atoms with Crippen LogP contribution in [0.2, 0.25) is 0 Å². The number of benzene rings is 2. The number of aromatic nitrogens is 4. The van der Waals surface area contributed by atoms with Gasteiger partial charge >= 0.3 is 0 Å². The number of thioether (sulfide) groups is 1. The van der Waals surface area contributed by atoms with Gasteiger partial charge in [0.2, 0.25) is 11.1 Å². The highest BCUT2D eigenvalue weighted by molar-refractivity contribution is 8.00. The first kappa shape index (κ1) is 20.6. The Morgan fingerprint density at radius 1 is 1.21 bits per heavy atom. The monoisotopic (exact) mass is 406 g/mol. The van der Waals surface area contributed by atoms with Crippen LogP contribution < -0.4 is 4.90 Å². The molecule has 0 saturated heterocycles. The molecule has 3 rings (SSSR count). The van der Waals surface area contributed by atoms with Gasteiger partial charge in [0.1, 0.15) is 0 Å². The zero-order valence-electron chi connectivity index (χ0n) is 16.6. The molecular weight excluding hydrogens is 384 g/mol. The molecule has 7 nitrogen and oxygen atoms in total. The lowest BCUT2D eigenvalue weighted by Crippen LogP contribution is -2.37. The summed E-state index contributed by atoms with van der Waals surface area (Å²) in [6.07, 6.45) is 0.262. The van der Waals surface area contributed by atoms with E-state index in [4.69, 9.17) is 5.26 Å². The molecular formula is C21H22N6OS. The molecule has 1 unspecified atom stereocenters. The second-order valence-corrected chi connectivity index (χ2v) is 7.94. The Morgan fingerprint density at radius 3 is 2.66 bits per heavy atom. The van der Waals surface area contributed by atoms with E-state index in [2.05, 4.69) is 28.5 Å². The number of nitrogens with zero attached hydrogens (tertiary/aromatic N) is 6. The normalized spacial score (nSPS) is 11.7. The van der Waals surface area contributed by atoms with Crippen molar-refractivity contribution < 1.29 is 4.79 Å². The van der Waals surface area contributed by atoms with Crippen molar-refractivity contribution in [3.63, 3.8) is 0 Å². The third kappa shape index (κ3) is 4.81. The minimum absolute atomic E-state index is 0.0916. The first-order valence-electron chi connectivity index (χ1n) is 9.27. The van der Waals surface area contributed by atoms with Gasteiger partial charge in [-0.25, -0.2) is 0 Å². The van der Waals surface area contributed by atoms with Gasteiger partial charge in [-0.15, -0.1) is 5.10 Å². The quantitative estimate of drug-likeness (QED) is 0.556. The van der Waals surface area contributed by atoms with Gasteiger partial charge in [-0.3, -0.25) is 4.79 Å². The maximum absolute atomic E-state index is 13.1. The Kier molecular flexibility index (Phi) is 6.62. The van der Waals surface area contributed by atoms with Crippen LogP contribution in [-0.2, 0) is 4.79 Å². The zero-order valence-corrected chi connectivity index (χ0v) is 17.4. The number of nitriles is 1. The Balaban J connectivity index is 1.81. The molecule has 1 atom stereocenters. The second-order valence-electron chi connectivity index (χ2n) is 6.64. The Hall–Kier alpha value is -3.18. The lowest BCUT2D eigenvalue weighted by atomic mass is 10.1. The van der Waals surface area contributed by atoms with Gasteiger partial charge in [0.05, 0.1) is 23.4 Å². The topological polar surface area (TPSA) is 87.7 Å². The van der Waals surface area contributed by atoms with Crippen molar-refractivity contribution in [2.24, 2.45) is 0 Å². The van der Waals surface area contributed by atoms with E-state index in [-0.39, 0.29) is 12.3 Å². The first-order chi connectivity index (χ1) is 14.0. The molecule has 0 aliphatic carbocycles. The van der Waals surface area contributed by atoms with Crippen LogP contribution in [-0.4, -0.2) is 37.9 Å². The van der Waals surface area contributed by atoms with Gasteiger partial charge in [0.15, 0.2) is 0 Å². The number of carbonyl (C=O) groups is 1. The maximum atomic E-state index is 13.1. The fourth-order valence-electron chi connectivity index (χ4n) is 2.84. The second kappa shape index (κ2) is 9.34. The molecule has 0 N–H and O–H groups in total. The largest absolute Gasteiger partial charge is 0.310 e. The average molecular weight is 407 g/mol. The summed E-state index contributed by atoms with van der Waals surface area (Å²) in [7, 11) is 0. The van der Waals surface area contributed by atoms with Crippen molar-refractivity contribution in [1.82, 2.24) is 20.2 Å². The summed E-state index contributed by atoms with van der Waals surface area (Å²) >= 11 is 1.30. The lowest BCUT2D eigenvalue weighted by Gasteiger charge is -2.24. The maximum Gasteiger partial charge on any atom is 0.240 e. The molecule has 8 heteroatoms. The first-order valence-corrected chi connectivity index (χ1v) is 10.1. The Morgan fingerprint density at radius 2 is 1.97 bits per heavy atom. The van der Waals surface area contributed by atoms with Crippen molar-refractivity contribution in [2.75, 3.05) is 11.4 Å². The van der Waals surface area contributed by atoms with Gasteiger partial charge in [-0.05, 0) is 66.6 Å². The van der Waals surface area contributed by atoms with Crippen molar-refractivity contribution in [3.05, 3.63) is 59.7 Å². The van der Waals surface area contributed by atoms with Crippen LogP contribution in [0.25, 0.3) is 5.69 Å². The number of rotatable bonds is 7. The smallest absolute Gasteiger partial charge is 0.240 e. The van der Waals surface area contributed by atoms with Gasteiger partial charge in [-0.1, -0.05) is 36.0 Å². The summed E-state index contributed by atoms with van der Waals surface area (Å²) < 4.78 is 1.64.